The Hall–Kier alpha value is -0.540. The van der Waals surface area contributed by atoms with Gasteiger partial charge >= 0.3 is 0 Å². The summed E-state index contributed by atoms with van der Waals surface area (Å²) in [5, 5.41) is 9.66. The second-order valence-electron chi connectivity index (χ2n) is 4.65. The maximum absolute atomic E-state index is 9.66. The molecule has 0 amide bonds. The third-order valence-corrected chi connectivity index (χ3v) is 1.98. The van der Waals surface area contributed by atoms with Gasteiger partial charge in [0.25, 0.3) is 0 Å². The van der Waals surface area contributed by atoms with Crippen molar-refractivity contribution in [1.82, 2.24) is 4.90 Å². The highest BCUT2D eigenvalue weighted by molar-refractivity contribution is 4.80. The molecule has 1 rings (SSSR count). The van der Waals surface area contributed by atoms with Crippen LogP contribution in [0.1, 0.15) is 13.8 Å². The van der Waals surface area contributed by atoms with Crippen LogP contribution in [0.2, 0.25) is 0 Å². The highest BCUT2D eigenvalue weighted by Crippen LogP contribution is 2.18. The second-order valence-corrected chi connectivity index (χ2v) is 4.65. The van der Waals surface area contributed by atoms with Gasteiger partial charge in [-0.2, -0.15) is 0 Å². The van der Waals surface area contributed by atoms with Crippen molar-refractivity contribution >= 4 is 0 Å². The molecule has 1 heterocycles. The van der Waals surface area contributed by atoms with Crippen molar-refractivity contribution in [1.29, 1.82) is 0 Å². The third kappa shape index (κ3) is 2.50. The highest BCUT2D eigenvalue weighted by Gasteiger charge is 2.32. The average molecular weight is 171 g/mol. The molecule has 0 aromatic rings. The Labute approximate surface area is 74.5 Å². The summed E-state index contributed by atoms with van der Waals surface area (Å²) in [7, 11) is 4.17. The van der Waals surface area contributed by atoms with Crippen LogP contribution in [0.4, 0.5) is 0 Å². The summed E-state index contributed by atoms with van der Waals surface area (Å²) < 4.78 is 0.792. The molecule has 0 saturated carbocycles. The van der Waals surface area contributed by atoms with E-state index in [1.165, 1.54) is 0 Å². The molecule has 1 N–H and O–H groups in total. The molecule has 1 aliphatic rings. The zero-order chi connectivity index (χ0) is 9.41. The molecule has 70 valence electrons. The van der Waals surface area contributed by atoms with Crippen molar-refractivity contribution < 1.29 is 9.59 Å². The van der Waals surface area contributed by atoms with Crippen LogP contribution >= 0.6 is 0 Å². The summed E-state index contributed by atoms with van der Waals surface area (Å²) in [4.78, 5) is 2.13. The number of hydrogen-bond donors (Lipinski definition) is 1. The fourth-order valence-electron chi connectivity index (χ4n) is 1.87. The van der Waals surface area contributed by atoms with Crippen molar-refractivity contribution in [2.24, 2.45) is 0 Å². The highest BCUT2D eigenvalue weighted by atomic mass is 16.3. The summed E-state index contributed by atoms with van der Waals surface area (Å²) in [6, 6.07) is 0. The van der Waals surface area contributed by atoms with Crippen LogP contribution in [0.3, 0.4) is 0 Å². The molecule has 0 aromatic heterocycles. The topological polar surface area (TPSA) is 23.5 Å². The molecule has 0 aromatic carbocycles. The molecule has 0 bridgehead atoms. The van der Waals surface area contributed by atoms with Crippen molar-refractivity contribution in [2.45, 2.75) is 19.4 Å². The van der Waals surface area contributed by atoms with E-state index < -0.39 is 5.60 Å². The van der Waals surface area contributed by atoms with Crippen molar-refractivity contribution in [3.63, 3.8) is 0 Å². The lowest BCUT2D eigenvalue weighted by molar-refractivity contribution is -0.867. The quantitative estimate of drug-likeness (QED) is 0.614. The maximum Gasteiger partial charge on any atom is 0.158 e. The molecular weight excluding hydrogens is 152 g/mol. The molecule has 0 saturated heterocycles. The van der Waals surface area contributed by atoms with Gasteiger partial charge in [-0.1, -0.05) is 0 Å². The fourth-order valence-corrected chi connectivity index (χ4v) is 1.87. The number of hydrogen-bond acceptors (Lipinski definition) is 2. The lowest BCUT2D eigenvalue weighted by atomic mass is 10.1. The Balaban J connectivity index is 2.58. The van der Waals surface area contributed by atoms with Gasteiger partial charge in [-0.15, -0.1) is 0 Å². The minimum absolute atomic E-state index is 0.593. The monoisotopic (exact) mass is 171 g/mol. The first-order chi connectivity index (χ1) is 5.31. The molecular formula is C9H19N2O+. The van der Waals surface area contributed by atoms with Gasteiger partial charge in [0.15, 0.2) is 6.67 Å². The van der Waals surface area contributed by atoms with E-state index in [4.69, 9.17) is 0 Å². The van der Waals surface area contributed by atoms with Gasteiger partial charge in [-0.3, -0.25) is 4.48 Å². The van der Waals surface area contributed by atoms with E-state index in [1.807, 2.05) is 20.9 Å². The lowest BCUT2D eigenvalue weighted by Gasteiger charge is -2.32. The Morgan fingerprint density at radius 2 is 2.17 bits per heavy atom. The molecule has 0 fully saturated rings. The molecule has 0 spiro atoms. The SMILES string of the molecule is CN1C=C[N+](C)(CC(C)(C)O)C1. The molecule has 1 unspecified atom stereocenters. The Kier molecular flexibility index (Phi) is 2.19. The number of likely N-dealkylation sites (N-methyl/N-ethyl adjacent to an activating group) is 1. The van der Waals surface area contributed by atoms with Crippen LogP contribution in [0, 0.1) is 0 Å². The molecule has 0 aliphatic carbocycles. The number of nitrogens with zero attached hydrogens (tertiary/aromatic N) is 2. The molecule has 1 atom stereocenters. The van der Waals surface area contributed by atoms with Crippen LogP contribution in [-0.2, 0) is 0 Å². The maximum atomic E-state index is 9.66. The predicted molar refractivity (Wildman–Crippen MR) is 49.1 cm³/mol. The summed E-state index contributed by atoms with van der Waals surface area (Å²) in [6.07, 6.45) is 4.18. The molecule has 0 radical (unpaired) electrons. The van der Waals surface area contributed by atoms with Gasteiger partial charge in [0.2, 0.25) is 0 Å². The summed E-state index contributed by atoms with van der Waals surface area (Å²) in [5.74, 6) is 0. The molecule has 3 heteroatoms. The van der Waals surface area contributed by atoms with E-state index in [0.29, 0.717) is 0 Å². The van der Waals surface area contributed by atoms with Gasteiger partial charge in [-0.25, -0.2) is 0 Å². The van der Waals surface area contributed by atoms with Gasteiger partial charge in [-0.05, 0) is 13.8 Å². The summed E-state index contributed by atoms with van der Waals surface area (Å²) >= 11 is 0. The normalized spacial score (nSPS) is 29.9. The standard InChI is InChI=1S/C9H19N2O/c1-9(2,12)7-11(4)6-5-10(3)8-11/h5-6,12H,7-8H2,1-4H3/q+1. The Bertz CT molecular complexity index is 195. The average Bonchev–Trinajstić information content (AvgIpc) is 2.05. The van der Waals surface area contributed by atoms with E-state index in [1.54, 1.807) is 0 Å². The van der Waals surface area contributed by atoms with Crippen LogP contribution in [0.25, 0.3) is 0 Å². The van der Waals surface area contributed by atoms with E-state index in [9.17, 15) is 5.11 Å². The molecule has 12 heavy (non-hydrogen) atoms. The first-order valence-corrected chi connectivity index (χ1v) is 4.27. The number of aliphatic hydroxyl groups is 1. The zero-order valence-electron chi connectivity index (χ0n) is 8.41. The Morgan fingerprint density at radius 3 is 2.50 bits per heavy atom. The van der Waals surface area contributed by atoms with Crippen molar-refractivity contribution in [3.05, 3.63) is 12.4 Å². The fraction of sp³-hybridized carbons (Fsp3) is 0.778. The van der Waals surface area contributed by atoms with Gasteiger partial charge in [0.1, 0.15) is 18.3 Å². The summed E-state index contributed by atoms with van der Waals surface area (Å²) in [6.45, 7) is 5.41. The number of rotatable bonds is 2. The van der Waals surface area contributed by atoms with Gasteiger partial charge in [0.05, 0.1) is 13.2 Å². The van der Waals surface area contributed by atoms with Crippen molar-refractivity contribution in [3.8, 4) is 0 Å². The summed E-state index contributed by atoms with van der Waals surface area (Å²) in [5.41, 5.74) is -0.593. The van der Waals surface area contributed by atoms with Crippen LogP contribution < -0.4 is 0 Å². The van der Waals surface area contributed by atoms with Crippen LogP contribution in [0.5, 0.6) is 0 Å². The largest absolute Gasteiger partial charge is 0.385 e. The minimum atomic E-state index is -0.593. The van der Waals surface area contributed by atoms with Crippen molar-refractivity contribution in [2.75, 3.05) is 27.3 Å². The van der Waals surface area contributed by atoms with Gasteiger partial charge in [0, 0.05) is 7.05 Å². The Morgan fingerprint density at radius 1 is 1.58 bits per heavy atom. The first-order valence-electron chi connectivity index (χ1n) is 4.27. The van der Waals surface area contributed by atoms with E-state index in [0.717, 1.165) is 17.7 Å². The van der Waals surface area contributed by atoms with E-state index >= 15 is 0 Å². The second kappa shape index (κ2) is 2.75. The first kappa shape index (κ1) is 9.55. The minimum Gasteiger partial charge on any atom is -0.385 e. The van der Waals surface area contributed by atoms with Crippen LogP contribution in [-0.4, -0.2) is 47.4 Å². The third-order valence-electron chi connectivity index (χ3n) is 1.98. The lowest BCUT2D eigenvalue weighted by Crippen LogP contribution is -2.49. The molecule has 1 aliphatic heterocycles. The van der Waals surface area contributed by atoms with Crippen LogP contribution in [0.15, 0.2) is 12.4 Å². The van der Waals surface area contributed by atoms with E-state index in [-0.39, 0.29) is 0 Å². The predicted octanol–water partition coefficient (Wildman–Crippen LogP) is 0.578. The number of quaternary nitrogens is 1. The van der Waals surface area contributed by atoms with Gasteiger partial charge < -0.3 is 10.0 Å². The molecule has 3 nitrogen and oxygen atoms in total. The smallest absolute Gasteiger partial charge is 0.158 e. The zero-order valence-corrected chi connectivity index (χ0v) is 8.41. The van der Waals surface area contributed by atoms with E-state index in [2.05, 4.69) is 24.3 Å².